The van der Waals surface area contributed by atoms with Gasteiger partial charge in [0, 0.05) is 10.0 Å². The minimum Gasteiger partial charge on any atom is -0.325 e. The molecule has 1 nitrogen and oxygen atoms in total. The van der Waals surface area contributed by atoms with Gasteiger partial charge in [0.05, 0.1) is 0 Å². The highest BCUT2D eigenvalue weighted by molar-refractivity contribution is 9.10. The second kappa shape index (κ2) is 5.34. The van der Waals surface area contributed by atoms with Crippen LogP contribution in [-0.4, -0.2) is 5.54 Å². The topological polar surface area (TPSA) is 26.0 Å². The maximum atomic E-state index is 6.66. The molecule has 1 aromatic rings. The van der Waals surface area contributed by atoms with Gasteiger partial charge >= 0.3 is 0 Å². The summed E-state index contributed by atoms with van der Waals surface area (Å²) in [6.45, 7) is 4.74. The van der Waals surface area contributed by atoms with Crippen LogP contribution < -0.4 is 5.73 Å². The maximum Gasteiger partial charge on any atom is 0.0207 e. The third-order valence-corrected chi connectivity index (χ3v) is 5.10. The van der Waals surface area contributed by atoms with E-state index in [1.54, 1.807) is 0 Å². The fourth-order valence-corrected chi connectivity index (χ4v) is 3.38. The second-order valence-corrected chi connectivity index (χ2v) is 7.50. The van der Waals surface area contributed by atoms with Crippen molar-refractivity contribution in [3.63, 3.8) is 0 Å². The van der Waals surface area contributed by atoms with Crippen LogP contribution in [0.2, 0.25) is 0 Å². The molecule has 2 N–H and O–H groups in total. The van der Waals surface area contributed by atoms with Gasteiger partial charge in [-0.15, -0.1) is 0 Å². The summed E-state index contributed by atoms with van der Waals surface area (Å²) in [6.07, 6.45) is 7.09. The van der Waals surface area contributed by atoms with Gasteiger partial charge in [-0.3, -0.25) is 0 Å². The van der Waals surface area contributed by atoms with Crippen molar-refractivity contribution in [1.82, 2.24) is 0 Å². The van der Waals surface area contributed by atoms with E-state index in [1.807, 2.05) is 0 Å². The molecule has 0 bridgehead atoms. The Hall–Kier alpha value is -0.340. The molecule has 2 heteroatoms. The molecule has 1 aromatic carbocycles. The molecule has 0 aliphatic heterocycles. The first-order valence-electron chi connectivity index (χ1n) is 6.93. The van der Waals surface area contributed by atoms with Crippen LogP contribution in [0.3, 0.4) is 0 Å². The third-order valence-electron chi connectivity index (χ3n) is 4.33. The Bertz CT molecular complexity index is 413. The van der Waals surface area contributed by atoms with Gasteiger partial charge in [0.25, 0.3) is 0 Å². The molecule has 0 radical (unpaired) electrons. The van der Waals surface area contributed by atoms with Crippen molar-refractivity contribution in [1.29, 1.82) is 0 Å². The van der Waals surface area contributed by atoms with E-state index < -0.39 is 0 Å². The molecule has 0 heterocycles. The van der Waals surface area contributed by atoms with Gasteiger partial charge in [0.2, 0.25) is 0 Å². The van der Waals surface area contributed by atoms with Crippen molar-refractivity contribution in [2.75, 3.05) is 0 Å². The second-order valence-electron chi connectivity index (χ2n) is 6.65. The molecule has 0 saturated heterocycles. The summed E-state index contributed by atoms with van der Waals surface area (Å²) in [4.78, 5) is 0. The van der Waals surface area contributed by atoms with Crippen molar-refractivity contribution in [2.24, 2.45) is 11.1 Å². The van der Waals surface area contributed by atoms with Gasteiger partial charge in [-0.25, -0.2) is 0 Å². The number of hydrogen-bond donors (Lipinski definition) is 1. The molecule has 1 saturated carbocycles. The summed E-state index contributed by atoms with van der Waals surface area (Å²) in [6, 6.07) is 8.46. The molecule has 0 spiro atoms. The molecule has 0 aromatic heterocycles. The van der Waals surface area contributed by atoms with E-state index in [0.717, 1.165) is 19.3 Å². The van der Waals surface area contributed by atoms with Gasteiger partial charge in [-0.2, -0.15) is 0 Å². The van der Waals surface area contributed by atoms with Crippen LogP contribution in [0.15, 0.2) is 28.7 Å². The van der Waals surface area contributed by atoms with Gasteiger partial charge in [0.1, 0.15) is 0 Å². The lowest BCUT2D eigenvalue weighted by molar-refractivity contribution is 0.297. The standard InChI is InChI=1S/C16H24BrN/c1-15(2)8-5-9-16(18,11-10-15)12-13-6-3-4-7-14(13)17/h3-4,6-7H,5,8-12,18H2,1-2H3. The monoisotopic (exact) mass is 309 g/mol. The summed E-state index contributed by atoms with van der Waals surface area (Å²) < 4.78 is 1.19. The van der Waals surface area contributed by atoms with Crippen LogP contribution in [0.1, 0.15) is 51.5 Å². The molecule has 1 unspecified atom stereocenters. The van der Waals surface area contributed by atoms with Crippen LogP contribution >= 0.6 is 15.9 Å². The highest BCUT2D eigenvalue weighted by atomic mass is 79.9. The minimum absolute atomic E-state index is 0.0162. The van der Waals surface area contributed by atoms with Gasteiger partial charge < -0.3 is 5.73 Å². The number of halogens is 1. The number of nitrogens with two attached hydrogens (primary N) is 1. The van der Waals surface area contributed by atoms with Crippen molar-refractivity contribution >= 4 is 15.9 Å². The molecular weight excluding hydrogens is 286 g/mol. The SMILES string of the molecule is CC1(C)CCCC(N)(Cc2ccccc2Br)CC1. The molecule has 1 atom stereocenters. The largest absolute Gasteiger partial charge is 0.325 e. The Labute approximate surface area is 119 Å². The lowest BCUT2D eigenvalue weighted by Crippen LogP contribution is -2.41. The smallest absolute Gasteiger partial charge is 0.0207 e. The Morgan fingerprint density at radius 2 is 1.83 bits per heavy atom. The lowest BCUT2D eigenvalue weighted by atomic mass is 9.82. The average Bonchev–Trinajstić information content (AvgIpc) is 2.42. The van der Waals surface area contributed by atoms with Crippen LogP contribution in [-0.2, 0) is 6.42 Å². The van der Waals surface area contributed by atoms with Crippen molar-refractivity contribution in [3.05, 3.63) is 34.3 Å². The number of hydrogen-bond acceptors (Lipinski definition) is 1. The first kappa shape index (κ1) is 14.1. The number of benzene rings is 1. The van der Waals surface area contributed by atoms with Gasteiger partial charge in [0.15, 0.2) is 0 Å². The normalized spacial score (nSPS) is 27.8. The lowest BCUT2D eigenvalue weighted by Gasteiger charge is -2.29. The zero-order chi connectivity index (χ0) is 13.2. The van der Waals surface area contributed by atoms with E-state index in [1.165, 1.54) is 29.3 Å². The molecule has 1 fully saturated rings. The summed E-state index contributed by atoms with van der Waals surface area (Å²) in [5, 5.41) is 0. The predicted molar refractivity (Wildman–Crippen MR) is 81.6 cm³/mol. The highest BCUT2D eigenvalue weighted by Crippen LogP contribution is 2.38. The quantitative estimate of drug-likeness (QED) is 0.789. The Morgan fingerprint density at radius 3 is 2.56 bits per heavy atom. The molecule has 1 aliphatic carbocycles. The molecule has 0 amide bonds. The summed E-state index contributed by atoms with van der Waals surface area (Å²) in [7, 11) is 0. The molecule has 18 heavy (non-hydrogen) atoms. The molecule has 1 aliphatic rings. The van der Waals surface area contributed by atoms with Crippen LogP contribution in [0.5, 0.6) is 0 Å². The molecular formula is C16H24BrN. The average molecular weight is 310 g/mol. The first-order valence-corrected chi connectivity index (χ1v) is 7.72. The van der Waals surface area contributed by atoms with Crippen molar-refractivity contribution in [3.8, 4) is 0 Å². The summed E-state index contributed by atoms with van der Waals surface area (Å²) in [5.74, 6) is 0. The van der Waals surface area contributed by atoms with E-state index in [0.29, 0.717) is 5.41 Å². The third kappa shape index (κ3) is 3.58. The predicted octanol–water partition coefficient (Wildman–Crippen LogP) is 4.68. The number of rotatable bonds is 2. The minimum atomic E-state index is -0.0162. The van der Waals surface area contributed by atoms with Crippen LogP contribution in [0, 0.1) is 5.41 Å². The molecule has 2 rings (SSSR count). The summed E-state index contributed by atoms with van der Waals surface area (Å²) >= 11 is 3.63. The molecule has 100 valence electrons. The zero-order valence-electron chi connectivity index (χ0n) is 11.5. The van der Waals surface area contributed by atoms with Gasteiger partial charge in [-0.1, -0.05) is 54.4 Å². The maximum absolute atomic E-state index is 6.66. The van der Waals surface area contributed by atoms with E-state index in [4.69, 9.17) is 5.73 Å². The van der Waals surface area contributed by atoms with E-state index in [-0.39, 0.29) is 5.54 Å². The Morgan fingerprint density at radius 1 is 1.11 bits per heavy atom. The Balaban J connectivity index is 2.10. The zero-order valence-corrected chi connectivity index (χ0v) is 13.1. The van der Waals surface area contributed by atoms with E-state index in [2.05, 4.69) is 54.0 Å². The first-order chi connectivity index (χ1) is 8.40. The summed E-state index contributed by atoms with van der Waals surface area (Å²) in [5.41, 5.74) is 8.46. The highest BCUT2D eigenvalue weighted by Gasteiger charge is 2.32. The van der Waals surface area contributed by atoms with E-state index >= 15 is 0 Å². The van der Waals surface area contributed by atoms with E-state index in [9.17, 15) is 0 Å². The fourth-order valence-electron chi connectivity index (χ4n) is 2.95. The van der Waals surface area contributed by atoms with Crippen molar-refractivity contribution < 1.29 is 0 Å². The van der Waals surface area contributed by atoms with Crippen LogP contribution in [0.4, 0.5) is 0 Å². The van der Waals surface area contributed by atoms with Crippen molar-refractivity contribution in [2.45, 2.75) is 57.9 Å². The van der Waals surface area contributed by atoms with Crippen LogP contribution in [0.25, 0.3) is 0 Å². The Kier molecular flexibility index (Phi) is 4.18. The fraction of sp³-hybridized carbons (Fsp3) is 0.625. The van der Waals surface area contributed by atoms with Gasteiger partial charge in [-0.05, 0) is 49.1 Å².